The van der Waals surface area contributed by atoms with Gasteiger partial charge in [-0.15, -0.1) is 11.8 Å². The van der Waals surface area contributed by atoms with Crippen LogP contribution in [0.3, 0.4) is 0 Å². The van der Waals surface area contributed by atoms with Crippen molar-refractivity contribution in [3.8, 4) is 6.07 Å². The first kappa shape index (κ1) is 18.7. The van der Waals surface area contributed by atoms with E-state index in [1.165, 1.54) is 5.56 Å². The number of nitriles is 1. The summed E-state index contributed by atoms with van der Waals surface area (Å²) in [4.78, 5) is 12.0. The number of carbonyl (C=O) groups excluding carboxylic acids is 1. The minimum absolute atomic E-state index is 0.0225. The van der Waals surface area contributed by atoms with Crippen LogP contribution in [0.5, 0.6) is 0 Å². The Balaban J connectivity index is 1.37. The highest BCUT2D eigenvalue weighted by atomic mass is 32.2. The van der Waals surface area contributed by atoms with Crippen molar-refractivity contribution in [3.05, 3.63) is 89.2 Å². The van der Waals surface area contributed by atoms with Crippen molar-refractivity contribution in [3.63, 3.8) is 0 Å². The van der Waals surface area contributed by atoms with Crippen LogP contribution >= 0.6 is 11.8 Å². The van der Waals surface area contributed by atoms with E-state index in [2.05, 4.69) is 28.6 Å². The van der Waals surface area contributed by atoms with Crippen LogP contribution in [0.1, 0.15) is 22.3 Å². The molecule has 1 amide bonds. The van der Waals surface area contributed by atoms with Gasteiger partial charge in [0.25, 0.3) is 0 Å². The molecule has 1 heterocycles. The molecular formula is C21H20N4OS. The average Bonchev–Trinajstić information content (AvgIpc) is 3.21. The van der Waals surface area contributed by atoms with Gasteiger partial charge in [-0.3, -0.25) is 9.48 Å². The Morgan fingerprint density at radius 1 is 1.07 bits per heavy atom. The number of thioether (sulfide) groups is 1. The van der Waals surface area contributed by atoms with Crippen LogP contribution < -0.4 is 5.32 Å². The zero-order valence-corrected chi connectivity index (χ0v) is 15.7. The number of hydrogen-bond acceptors (Lipinski definition) is 4. The van der Waals surface area contributed by atoms with Crippen LogP contribution in [0.4, 0.5) is 0 Å². The van der Waals surface area contributed by atoms with Gasteiger partial charge in [0.05, 0.1) is 23.9 Å². The predicted molar refractivity (Wildman–Crippen MR) is 107 cm³/mol. The summed E-state index contributed by atoms with van der Waals surface area (Å²) in [5.41, 5.74) is 4.01. The van der Waals surface area contributed by atoms with Crippen molar-refractivity contribution < 1.29 is 4.79 Å². The Morgan fingerprint density at radius 3 is 2.44 bits per heavy atom. The van der Waals surface area contributed by atoms with E-state index in [9.17, 15) is 4.79 Å². The van der Waals surface area contributed by atoms with Gasteiger partial charge in [0.1, 0.15) is 0 Å². The molecule has 5 nitrogen and oxygen atoms in total. The van der Waals surface area contributed by atoms with Gasteiger partial charge in [0.15, 0.2) is 0 Å². The van der Waals surface area contributed by atoms with Crippen molar-refractivity contribution in [2.24, 2.45) is 0 Å². The van der Waals surface area contributed by atoms with Gasteiger partial charge in [-0.05, 0) is 34.9 Å². The summed E-state index contributed by atoms with van der Waals surface area (Å²) < 4.78 is 1.88. The molecule has 0 aliphatic carbocycles. The Bertz CT molecular complexity index is 897. The minimum Gasteiger partial charge on any atom is -0.351 e. The molecule has 0 unspecified atom stereocenters. The topological polar surface area (TPSA) is 70.7 Å². The van der Waals surface area contributed by atoms with Gasteiger partial charge in [-0.25, -0.2) is 0 Å². The van der Waals surface area contributed by atoms with Gasteiger partial charge >= 0.3 is 0 Å². The first-order valence-electron chi connectivity index (χ1n) is 8.61. The number of benzene rings is 2. The highest BCUT2D eigenvalue weighted by Gasteiger charge is 2.03. The van der Waals surface area contributed by atoms with Gasteiger partial charge < -0.3 is 5.32 Å². The van der Waals surface area contributed by atoms with Crippen LogP contribution in [-0.2, 0) is 23.6 Å². The van der Waals surface area contributed by atoms with Gasteiger partial charge in [-0.1, -0.05) is 36.4 Å². The number of nitrogens with zero attached hydrogens (tertiary/aromatic N) is 3. The van der Waals surface area contributed by atoms with Gasteiger partial charge in [0, 0.05) is 24.7 Å². The van der Waals surface area contributed by atoms with Crippen molar-refractivity contribution in [1.82, 2.24) is 15.1 Å². The quantitative estimate of drug-likeness (QED) is 0.654. The molecule has 6 heteroatoms. The van der Waals surface area contributed by atoms with E-state index in [1.807, 2.05) is 41.2 Å². The number of amides is 1. The van der Waals surface area contributed by atoms with Crippen LogP contribution in [0.2, 0.25) is 0 Å². The maximum absolute atomic E-state index is 12.0. The molecule has 0 aliphatic rings. The van der Waals surface area contributed by atoms with E-state index >= 15 is 0 Å². The molecule has 0 spiro atoms. The normalized spacial score (nSPS) is 10.3. The molecule has 0 atom stereocenters. The third-order valence-corrected chi connectivity index (χ3v) is 5.01. The smallest absolute Gasteiger partial charge is 0.230 e. The maximum Gasteiger partial charge on any atom is 0.230 e. The van der Waals surface area contributed by atoms with Crippen molar-refractivity contribution >= 4 is 17.7 Å². The Hall–Kier alpha value is -3.04. The van der Waals surface area contributed by atoms with Crippen LogP contribution in [0.25, 0.3) is 0 Å². The third kappa shape index (κ3) is 6.01. The molecule has 1 N–H and O–H groups in total. The summed E-state index contributed by atoms with van der Waals surface area (Å²) in [7, 11) is 0. The third-order valence-electron chi connectivity index (χ3n) is 4.00. The lowest BCUT2D eigenvalue weighted by atomic mass is 10.1. The second-order valence-corrected chi connectivity index (χ2v) is 7.08. The molecule has 0 saturated heterocycles. The molecule has 1 aromatic heterocycles. The van der Waals surface area contributed by atoms with Crippen LogP contribution in [0, 0.1) is 11.3 Å². The fourth-order valence-electron chi connectivity index (χ4n) is 2.53. The predicted octanol–water partition coefficient (Wildman–Crippen LogP) is 3.35. The minimum atomic E-state index is 0.0225. The second kappa shape index (κ2) is 9.60. The van der Waals surface area contributed by atoms with E-state index in [4.69, 9.17) is 5.26 Å². The monoisotopic (exact) mass is 376 g/mol. The lowest BCUT2D eigenvalue weighted by Gasteiger charge is -2.07. The first-order valence-corrected chi connectivity index (χ1v) is 9.77. The SMILES string of the molecule is N#Cc1ccc(CSCC(=O)NCc2ccc(Cn3cccn3)cc2)cc1. The molecule has 2 aromatic carbocycles. The van der Waals surface area contributed by atoms with Crippen molar-refractivity contribution in [2.45, 2.75) is 18.8 Å². The van der Waals surface area contributed by atoms with Crippen molar-refractivity contribution in [2.75, 3.05) is 5.75 Å². The molecule has 0 fully saturated rings. The Kier molecular flexibility index (Phi) is 6.66. The Labute approximate surface area is 163 Å². The van der Waals surface area contributed by atoms with E-state index in [0.717, 1.165) is 23.4 Å². The largest absolute Gasteiger partial charge is 0.351 e. The summed E-state index contributed by atoms with van der Waals surface area (Å²) >= 11 is 1.56. The van der Waals surface area contributed by atoms with Crippen molar-refractivity contribution in [1.29, 1.82) is 5.26 Å². The Morgan fingerprint density at radius 2 is 1.78 bits per heavy atom. The fraction of sp³-hybridized carbons (Fsp3) is 0.190. The molecule has 0 saturated carbocycles. The van der Waals surface area contributed by atoms with E-state index in [-0.39, 0.29) is 5.91 Å². The summed E-state index contributed by atoms with van der Waals surface area (Å²) in [6.07, 6.45) is 3.70. The second-order valence-electron chi connectivity index (χ2n) is 6.10. The molecule has 3 rings (SSSR count). The number of nitrogens with one attached hydrogen (secondary N) is 1. The molecular weight excluding hydrogens is 356 g/mol. The summed E-state index contributed by atoms with van der Waals surface area (Å²) in [6, 6.07) is 19.6. The number of aromatic nitrogens is 2. The lowest BCUT2D eigenvalue weighted by Crippen LogP contribution is -2.24. The van der Waals surface area contributed by atoms with Gasteiger partial charge in [-0.2, -0.15) is 10.4 Å². The first-order chi connectivity index (χ1) is 13.2. The zero-order valence-electron chi connectivity index (χ0n) is 14.8. The summed E-state index contributed by atoms with van der Waals surface area (Å²) in [5, 5.41) is 15.9. The summed E-state index contributed by atoms with van der Waals surface area (Å²) in [6.45, 7) is 1.27. The van der Waals surface area contributed by atoms with Crippen LogP contribution in [0.15, 0.2) is 67.0 Å². The molecule has 0 aliphatic heterocycles. The number of hydrogen-bond donors (Lipinski definition) is 1. The number of carbonyl (C=O) groups is 1. The molecule has 136 valence electrons. The van der Waals surface area contributed by atoms with E-state index < -0.39 is 0 Å². The zero-order chi connectivity index (χ0) is 18.9. The average molecular weight is 376 g/mol. The highest BCUT2D eigenvalue weighted by Crippen LogP contribution is 2.13. The molecule has 0 bridgehead atoms. The highest BCUT2D eigenvalue weighted by molar-refractivity contribution is 7.99. The van der Waals surface area contributed by atoms with E-state index in [0.29, 0.717) is 17.9 Å². The van der Waals surface area contributed by atoms with Crippen LogP contribution in [-0.4, -0.2) is 21.4 Å². The number of rotatable bonds is 8. The molecule has 0 radical (unpaired) electrons. The van der Waals surface area contributed by atoms with Gasteiger partial charge in [0.2, 0.25) is 5.91 Å². The fourth-order valence-corrected chi connectivity index (χ4v) is 3.35. The molecule has 3 aromatic rings. The van der Waals surface area contributed by atoms with E-state index in [1.54, 1.807) is 30.1 Å². The molecule has 27 heavy (non-hydrogen) atoms. The summed E-state index contributed by atoms with van der Waals surface area (Å²) in [5.74, 6) is 1.19. The lowest BCUT2D eigenvalue weighted by molar-refractivity contribution is -0.118. The maximum atomic E-state index is 12.0. The standard InChI is InChI=1S/C21H20N4OS/c22-12-17-2-8-20(9-3-17)15-27-16-21(26)23-13-18-4-6-19(7-5-18)14-25-11-1-10-24-25/h1-11H,13-16H2,(H,23,26).